The molecule has 2 atom stereocenters. The second-order valence-corrected chi connectivity index (χ2v) is 6.06. The van der Waals surface area contributed by atoms with Gasteiger partial charge in [-0.1, -0.05) is 32.3 Å². The van der Waals surface area contributed by atoms with E-state index in [0.29, 0.717) is 11.4 Å². The molecule has 0 radical (unpaired) electrons. The van der Waals surface area contributed by atoms with Crippen molar-refractivity contribution in [3.8, 4) is 0 Å². The summed E-state index contributed by atoms with van der Waals surface area (Å²) in [5, 5.41) is 17.4. The van der Waals surface area contributed by atoms with Crippen molar-refractivity contribution in [2.75, 3.05) is 24.2 Å². The molecule has 0 heterocycles. The Morgan fingerprint density at radius 2 is 2.10 bits per heavy atom. The fourth-order valence-corrected chi connectivity index (χ4v) is 3.32. The molecular weight excluding hydrogens is 266 g/mol. The molecule has 0 bridgehead atoms. The van der Waals surface area contributed by atoms with Gasteiger partial charge in [0.2, 0.25) is 0 Å². The molecule has 116 valence electrons. The highest BCUT2D eigenvalue weighted by molar-refractivity contribution is 5.75. The number of rotatable bonds is 6. The van der Waals surface area contributed by atoms with Crippen LogP contribution in [0.1, 0.15) is 39.0 Å². The zero-order chi connectivity index (χ0) is 15.2. The highest BCUT2D eigenvalue weighted by Gasteiger charge is 2.20. The zero-order valence-corrected chi connectivity index (χ0v) is 12.9. The van der Waals surface area contributed by atoms with Gasteiger partial charge in [-0.25, -0.2) is 0 Å². The van der Waals surface area contributed by atoms with Crippen LogP contribution in [0.2, 0.25) is 0 Å². The van der Waals surface area contributed by atoms with Crippen molar-refractivity contribution in [3.63, 3.8) is 0 Å². The summed E-state index contributed by atoms with van der Waals surface area (Å²) < 4.78 is 0. The third-order valence-electron chi connectivity index (χ3n) is 4.40. The van der Waals surface area contributed by atoms with Gasteiger partial charge in [-0.05, 0) is 36.8 Å². The van der Waals surface area contributed by atoms with Crippen LogP contribution in [0.3, 0.4) is 0 Å². The van der Waals surface area contributed by atoms with Gasteiger partial charge in [0, 0.05) is 13.6 Å². The maximum Gasteiger partial charge on any atom is 0.315 e. The monoisotopic (exact) mass is 291 g/mol. The Labute approximate surface area is 126 Å². The van der Waals surface area contributed by atoms with Crippen molar-refractivity contribution < 1.29 is 4.92 Å². The highest BCUT2D eigenvalue weighted by atomic mass is 16.6. The van der Waals surface area contributed by atoms with Crippen LogP contribution in [0.5, 0.6) is 0 Å². The molecule has 0 spiro atoms. The Balaban J connectivity index is 1.95. The highest BCUT2D eigenvalue weighted by Crippen LogP contribution is 2.34. The van der Waals surface area contributed by atoms with Crippen molar-refractivity contribution in [3.05, 3.63) is 28.3 Å². The summed E-state index contributed by atoms with van der Waals surface area (Å²) in [6, 6.07) is 5.35. The largest absolute Gasteiger partial charge is 0.382 e. The number of nitrogens with one attached hydrogen (secondary N) is 2. The van der Waals surface area contributed by atoms with E-state index in [0.717, 1.165) is 24.8 Å². The Morgan fingerprint density at radius 1 is 1.33 bits per heavy atom. The molecule has 1 aliphatic carbocycles. The number of hydrogen-bond donors (Lipinski definition) is 2. The fourth-order valence-electron chi connectivity index (χ4n) is 3.32. The quantitative estimate of drug-likeness (QED) is 0.607. The van der Waals surface area contributed by atoms with Crippen molar-refractivity contribution in [2.24, 2.45) is 11.8 Å². The van der Waals surface area contributed by atoms with Crippen LogP contribution in [0.4, 0.5) is 17.1 Å². The van der Waals surface area contributed by atoms with Crippen LogP contribution in [0.15, 0.2) is 18.2 Å². The summed E-state index contributed by atoms with van der Waals surface area (Å²) in [4.78, 5) is 10.9. The number of nitrogens with zero attached hydrogens (tertiary/aromatic N) is 1. The van der Waals surface area contributed by atoms with Gasteiger partial charge in [0.05, 0.1) is 4.92 Å². The molecule has 21 heavy (non-hydrogen) atoms. The molecule has 1 aromatic carbocycles. The second kappa shape index (κ2) is 7.29. The van der Waals surface area contributed by atoms with Gasteiger partial charge in [0.15, 0.2) is 0 Å². The topological polar surface area (TPSA) is 67.2 Å². The lowest BCUT2D eigenvalue weighted by Gasteiger charge is -2.26. The average molecular weight is 291 g/mol. The maximum absolute atomic E-state index is 11.2. The fraction of sp³-hybridized carbons (Fsp3) is 0.625. The summed E-state index contributed by atoms with van der Waals surface area (Å²) in [6.07, 6.45) is 6.34. The van der Waals surface area contributed by atoms with Gasteiger partial charge < -0.3 is 10.6 Å². The van der Waals surface area contributed by atoms with Gasteiger partial charge in [-0.3, -0.25) is 10.1 Å². The Bertz CT molecular complexity index is 490. The van der Waals surface area contributed by atoms with E-state index in [1.165, 1.54) is 25.7 Å². The molecule has 1 saturated carbocycles. The second-order valence-electron chi connectivity index (χ2n) is 6.06. The van der Waals surface area contributed by atoms with Gasteiger partial charge in [-0.2, -0.15) is 0 Å². The minimum absolute atomic E-state index is 0.136. The molecule has 0 aliphatic heterocycles. The van der Waals surface area contributed by atoms with E-state index in [9.17, 15) is 10.1 Å². The third kappa shape index (κ3) is 4.09. The Morgan fingerprint density at radius 3 is 2.76 bits per heavy atom. The maximum atomic E-state index is 11.2. The summed E-state index contributed by atoms with van der Waals surface area (Å²) in [5.74, 6) is 1.58. The molecule has 5 heteroatoms. The van der Waals surface area contributed by atoms with E-state index in [2.05, 4.69) is 17.6 Å². The number of nitro benzene ring substituents is 1. The van der Waals surface area contributed by atoms with Gasteiger partial charge in [-0.15, -0.1) is 0 Å². The molecule has 0 amide bonds. The van der Waals surface area contributed by atoms with Crippen LogP contribution >= 0.6 is 0 Å². The molecule has 2 unspecified atom stereocenters. The van der Waals surface area contributed by atoms with E-state index in [1.54, 1.807) is 19.2 Å². The Hall–Kier alpha value is -1.78. The minimum Gasteiger partial charge on any atom is -0.382 e. The van der Waals surface area contributed by atoms with Crippen molar-refractivity contribution in [2.45, 2.75) is 39.0 Å². The van der Waals surface area contributed by atoms with E-state index < -0.39 is 0 Å². The van der Waals surface area contributed by atoms with E-state index in [-0.39, 0.29) is 10.6 Å². The molecule has 5 nitrogen and oxygen atoms in total. The van der Waals surface area contributed by atoms with Gasteiger partial charge in [0.25, 0.3) is 0 Å². The van der Waals surface area contributed by atoms with Crippen LogP contribution in [-0.4, -0.2) is 18.5 Å². The first-order valence-corrected chi connectivity index (χ1v) is 7.80. The standard InChI is InChI=1S/C16H25N3O2/c1-12-5-3-6-13(11-12)9-10-18-15-8-4-7-14(17-2)16(15)19(20)21/h4,7-8,12-13,17-18H,3,5-6,9-11H2,1-2H3. The SMILES string of the molecule is CNc1cccc(NCCC2CCCC(C)C2)c1[N+](=O)[O-]. The smallest absolute Gasteiger partial charge is 0.315 e. The number of benzene rings is 1. The predicted molar refractivity (Wildman–Crippen MR) is 86.9 cm³/mol. The Kier molecular flexibility index (Phi) is 5.42. The van der Waals surface area contributed by atoms with Crippen LogP contribution in [0, 0.1) is 22.0 Å². The van der Waals surface area contributed by atoms with E-state index in [1.807, 2.05) is 6.07 Å². The predicted octanol–water partition coefficient (Wildman–Crippen LogP) is 4.26. The van der Waals surface area contributed by atoms with Crippen LogP contribution in [0.25, 0.3) is 0 Å². The van der Waals surface area contributed by atoms with Gasteiger partial charge >= 0.3 is 5.69 Å². The summed E-state index contributed by atoms with van der Waals surface area (Å²) in [5.41, 5.74) is 1.30. The zero-order valence-electron chi connectivity index (χ0n) is 12.9. The molecular formula is C16H25N3O2. The molecule has 1 fully saturated rings. The average Bonchev–Trinajstić information content (AvgIpc) is 2.46. The van der Waals surface area contributed by atoms with Crippen molar-refractivity contribution in [1.82, 2.24) is 0 Å². The van der Waals surface area contributed by atoms with Gasteiger partial charge in [0.1, 0.15) is 11.4 Å². The minimum atomic E-state index is -0.323. The molecule has 0 aromatic heterocycles. The van der Waals surface area contributed by atoms with E-state index >= 15 is 0 Å². The molecule has 1 aromatic rings. The summed E-state index contributed by atoms with van der Waals surface area (Å²) in [6.45, 7) is 3.12. The van der Waals surface area contributed by atoms with E-state index in [4.69, 9.17) is 0 Å². The first kappa shape index (κ1) is 15.6. The van der Waals surface area contributed by atoms with Crippen LogP contribution in [-0.2, 0) is 0 Å². The number of hydrogen-bond acceptors (Lipinski definition) is 4. The third-order valence-corrected chi connectivity index (χ3v) is 4.40. The number of para-hydroxylation sites is 1. The van der Waals surface area contributed by atoms with Crippen LogP contribution < -0.4 is 10.6 Å². The molecule has 0 saturated heterocycles. The first-order valence-electron chi connectivity index (χ1n) is 7.80. The normalized spacial score (nSPS) is 21.8. The lowest BCUT2D eigenvalue weighted by atomic mass is 9.81. The first-order chi connectivity index (χ1) is 10.1. The molecule has 1 aliphatic rings. The lowest BCUT2D eigenvalue weighted by Crippen LogP contribution is -2.17. The number of anilines is 2. The van der Waals surface area contributed by atoms with Crippen molar-refractivity contribution >= 4 is 17.1 Å². The number of nitro groups is 1. The molecule has 2 N–H and O–H groups in total. The summed E-state index contributed by atoms with van der Waals surface area (Å²) in [7, 11) is 1.70. The molecule has 2 rings (SSSR count). The lowest BCUT2D eigenvalue weighted by molar-refractivity contribution is -0.383. The summed E-state index contributed by atoms with van der Waals surface area (Å²) >= 11 is 0. The van der Waals surface area contributed by atoms with Crippen molar-refractivity contribution in [1.29, 1.82) is 0 Å².